The number of nitrogen functional groups attached to an aromatic ring is 1. The molecule has 176 valence electrons. The summed E-state index contributed by atoms with van der Waals surface area (Å²) >= 11 is 1.54. The van der Waals surface area contributed by atoms with Crippen LogP contribution >= 0.6 is 11.3 Å². The maximum atomic E-state index is 10.5. The third-order valence-electron chi connectivity index (χ3n) is 6.15. The number of para-hydroxylation sites is 3. The molecule has 0 aliphatic rings. The highest BCUT2D eigenvalue weighted by Gasteiger charge is 2.26. The topological polar surface area (TPSA) is 98.5 Å². The number of anilines is 1. The normalized spacial score (nSPS) is 11.2. The van der Waals surface area contributed by atoms with Crippen LogP contribution in [0.25, 0.3) is 48.6 Å². The van der Waals surface area contributed by atoms with Gasteiger partial charge in [-0.3, -0.25) is 4.40 Å². The first-order valence-corrected chi connectivity index (χ1v) is 12.3. The van der Waals surface area contributed by atoms with Crippen molar-refractivity contribution in [2.75, 3.05) is 19.5 Å². The summed E-state index contributed by atoms with van der Waals surface area (Å²) in [6, 6.07) is 23.7. The Labute approximate surface area is 211 Å². The minimum atomic E-state index is 0.417. The molecular weight excluding hydrogens is 470 g/mol. The van der Waals surface area contributed by atoms with Crippen molar-refractivity contribution >= 4 is 44.1 Å². The van der Waals surface area contributed by atoms with Gasteiger partial charge in [-0.05, 0) is 48.9 Å². The number of nitrogens with zero attached hydrogens (tertiary/aromatic N) is 4. The van der Waals surface area contributed by atoms with E-state index in [9.17, 15) is 5.26 Å². The largest absolute Gasteiger partial charge is 0.493 e. The lowest BCUT2D eigenvalue weighted by atomic mass is 9.95. The number of nitriles is 1. The lowest BCUT2D eigenvalue weighted by Crippen LogP contribution is -2.05. The molecule has 8 heteroatoms. The summed E-state index contributed by atoms with van der Waals surface area (Å²) in [7, 11) is 1.60. The molecule has 0 bridgehead atoms. The van der Waals surface area contributed by atoms with Gasteiger partial charge in [-0.15, -0.1) is 11.3 Å². The standard InChI is InChI=1S/C28H21N5O2S/c1-3-35-21-13-12-16(14-22(21)34-2)24-17(15-29)27-31-18-8-4-6-10-20(18)33(27)26(30)25(24)28-32-19-9-5-7-11-23(19)36-28/h4-14H,3,30H2,1-2H3. The second-order valence-corrected chi connectivity index (χ2v) is 9.20. The SMILES string of the molecule is CCOc1ccc(-c2c(-c3nc4ccccc4s3)c(N)n3c(nc4ccccc43)c2C#N)cc1OC. The van der Waals surface area contributed by atoms with E-state index in [0.29, 0.717) is 46.3 Å². The molecule has 0 saturated carbocycles. The van der Waals surface area contributed by atoms with Crippen LogP contribution < -0.4 is 15.2 Å². The first-order chi connectivity index (χ1) is 17.6. The Hall–Kier alpha value is -4.61. The monoisotopic (exact) mass is 491 g/mol. The number of thiazole rings is 1. The van der Waals surface area contributed by atoms with Gasteiger partial charge in [-0.1, -0.05) is 30.3 Å². The average Bonchev–Trinajstić information content (AvgIpc) is 3.51. The summed E-state index contributed by atoms with van der Waals surface area (Å²) in [6.45, 7) is 2.43. The predicted molar refractivity (Wildman–Crippen MR) is 144 cm³/mol. The molecule has 6 aromatic rings. The number of fused-ring (bicyclic) bond motifs is 4. The molecule has 3 heterocycles. The van der Waals surface area contributed by atoms with Gasteiger partial charge in [0, 0.05) is 5.56 Å². The molecule has 0 aliphatic carbocycles. The lowest BCUT2D eigenvalue weighted by Gasteiger charge is -2.17. The van der Waals surface area contributed by atoms with Crippen LogP contribution in [-0.2, 0) is 0 Å². The van der Waals surface area contributed by atoms with Crippen molar-refractivity contribution in [3.8, 4) is 39.3 Å². The number of hydrogen-bond acceptors (Lipinski definition) is 7. The zero-order valence-electron chi connectivity index (χ0n) is 19.6. The zero-order chi connectivity index (χ0) is 24.8. The quantitative estimate of drug-likeness (QED) is 0.304. The number of aromatic nitrogens is 3. The summed E-state index contributed by atoms with van der Waals surface area (Å²) in [5.41, 5.74) is 12.4. The van der Waals surface area contributed by atoms with Gasteiger partial charge in [-0.25, -0.2) is 9.97 Å². The molecule has 0 radical (unpaired) electrons. The highest BCUT2D eigenvalue weighted by Crippen LogP contribution is 2.45. The number of nitrogens with two attached hydrogens (primary N) is 1. The second kappa shape index (κ2) is 8.56. The Kier molecular flexibility index (Phi) is 5.20. The average molecular weight is 492 g/mol. The molecule has 0 aliphatic heterocycles. The van der Waals surface area contributed by atoms with E-state index in [4.69, 9.17) is 25.2 Å². The van der Waals surface area contributed by atoms with Crippen molar-refractivity contribution < 1.29 is 9.47 Å². The van der Waals surface area contributed by atoms with Gasteiger partial charge < -0.3 is 15.2 Å². The van der Waals surface area contributed by atoms with Crippen molar-refractivity contribution in [3.05, 3.63) is 72.3 Å². The van der Waals surface area contributed by atoms with Crippen LogP contribution in [0.15, 0.2) is 66.7 Å². The van der Waals surface area contributed by atoms with Gasteiger partial charge in [0.05, 0.1) is 40.5 Å². The zero-order valence-corrected chi connectivity index (χ0v) is 20.5. The summed E-state index contributed by atoms with van der Waals surface area (Å²) < 4.78 is 14.2. The molecule has 0 fully saturated rings. The van der Waals surface area contributed by atoms with E-state index in [1.807, 2.05) is 78.1 Å². The molecule has 36 heavy (non-hydrogen) atoms. The van der Waals surface area contributed by atoms with E-state index in [1.165, 1.54) is 0 Å². The molecule has 0 unspecified atom stereocenters. The summed E-state index contributed by atoms with van der Waals surface area (Å²) in [6.07, 6.45) is 0. The number of hydrogen-bond donors (Lipinski definition) is 1. The second-order valence-electron chi connectivity index (χ2n) is 8.17. The number of rotatable bonds is 5. The van der Waals surface area contributed by atoms with Crippen LogP contribution in [0.4, 0.5) is 5.82 Å². The van der Waals surface area contributed by atoms with E-state index in [1.54, 1.807) is 18.4 Å². The molecule has 3 aromatic carbocycles. The van der Waals surface area contributed by atoms with E-state index < -0.39 is 0 Å². The van der Waals surface area contributed by atoms with Gasteiger partial charge >= 0.3 is 0 Å². The maximum absolute atomic E-state index is 10.5. The van der Waals surface area contributed by atoms with Crippen molar-refractivity contribution in [3.63, 3.8) is 0 Å². The van der Waals surface area contributed by atoms with Crippen molar-refractivity contribution in [2.45, 2.75) is 6.92 Å². The van der Waals surface area contributed by atoms with Crippen molar-refractivity contribution in [2.24, 2.45) is 0 Å². The van der Waals surface area contributed by atoms with E-state index in [-0.39, 0.29) is 0 Å². The summed E-state index contributed by atoms with van der Waals surface area (Å²) in [5, 5.41) is 11.2. The summed E-state index contributed by atoms with van der Waals surface area (Å²) in [5.74, 6) is 1.67. The minimum absolute atomic E-state index is 0.417. The Bertz CT molecular complexity index is 1800. The Morgan fingerprint density at radius 2 is 1.75 bits per heavy atom. The molecule has 3 aromatic heterocycles. The van der Waals surface area contributed by atoms with Crippen LogP contribution in [0.1, 0.15) is 12.5 Å². The Morgan fingerprint density at radius 1 is 0.972 bits per heavy atom. The molecule has 0 saturated heterocycles. The molecule has 2 N–H and O–H groups in total. The van der Waals surface area contributed by atoms with Crippen LogP contribution in [0, 0.1) is 11.3 Å². The highest BCUT2D eigenvalue weighted by atomic mass is 32.1. The first kappa shape index (κ1) is 21.9. The fourth-order valence-electron chi connectivity index (χ4n) is 4.60. The molecule has 6 rings (SSSR count). The summed E-state index contributed by atoms with van der Waals surface area (Å²) in [4.78, 5) is 9.69. The molecular formula is C28H21N5O2S. The van der Waals surface area contributed by atoms with Crippen LogP contribution in [0.5, 0.6) is 11.5 Å². The minimum Gasteiger partial charge on any atom is -0.493 e. The molecule has 0 amide bonds. The van der Waals surface area contributed by atoms with Crippen LogP contribution in [0.3, 0.4) is 0 Å². The number of pyridine rings is 1. The highest BCUT2D eigenvalue weighted by molar-refractivity contribution is 7.21. The number of ether oxygens (including phenoxy) is 2. The maximum Gasteiger partial charge on any atom is 0.161 e. The fourth-order valence-corrected chi connectivity index (χ4v) is 5.63. The van der Waals surface area contributed by atoms with Crippen molar-refractivity contribution in [1.82, 2.24) is 14.4 Å². The van der Waals surface area contributed by atoms with Crippen LogP contribution in [-0.4, -0.2) is 28.1 Å². The van der Waals surface area contributed by atoms with Gasteiger partial charge in [0.25, 0.3) is 0 Å². The molecule has 0 spiro atoms. The number of imidazole rings is 1. The van der Waals surface area contributed by atoms with E-state index in [0.717, 1.165) is 31.8 Å². The molecule has 0 atom stereocenters. The van der Waals surface area contributed by atoms with Gasteiger partial charge in [0.1, 0.15) is 22.5 Å². The number of methoxy groups -OCH3 is 1. The van der Waals surface area contributed by atoms with E-state index >= 15 is 0 Å². The molecule has 7 nitrogen and oxygen atoms in total. The van der Waals surface area contributed by atoms with E-state index in [2.05, 4.69) is 6.07 Å². The smallest absolute Gasteiger partial charge is 0.161 e. The lowest BCUT2D eigenvalue weighted by molar-refractivity contribution is 0.311. The predicted octanol–water partition coefficient (Wildman–Crippen LogP) is 6.29. The van der Waals surface area contributed by atoms with Gasteiger partial charge in [-0.2, -0.15) is 5.26 Å². The first-order valence-electron chi connectivity index (χ1n) is 11.4. The van der Waals surface area contributed by atoms with Crippen LogP contribution in [0.2, 0.25) is 0 Å². The third-order valence-corrected chi connectivity index (χ3v) is 7.21. The van der Waals surface area contributed by atoms with Crippen molar-refractivity contribution in [1.29, 1.82) is 5.26 Å². The Morgan fingerprint density at radius 3 is 2.50 bits per heavy atom. The number of benzene rings is 3. The Balaban J connectivity index is 1.77. The van der Waals surface area contributed by atoms with Gasteiger partial charge in [0.15, 0.2) is 17.1 Å². The van der Waals surface area contributed by atoms with Gasteiger partial charge in [0.2, 0.25) is 0 Å². The fraction of sp³-hybridized carbons (Fsp3) is 0.107. The third kappa shape index (κ3) is 3.25.